The fourth-order valence-corrected chi connectivity index (χ4v) is 3.07. The largest absolute Gasteiger partial charge is 0.306 e. The second-order valence-corrected chi connectivity index (χ2v) is 5.38. The molecule has 78 valence electrons. The van der Waals surface area contributed by atoms with Crippen molar-refractivity contribution >= 4 is 11.8 Å². The minimum atomic E-state index is 0.403. The van der Waals surface area contributed by atoms with Gasteiger partial charge < -0.3 is 5.32 Å². The minimum absolute atomic E-state index is 0.403. The normalized spacial score (nSPS) is 29.3. The number of hydrogen-bond acceptors (Lipinski definition) is 3. The van der Waals surface area contributed by atoms with E-state index in [0.717, 1.165) is 5.25 Å². The number of rotatable bonds is 3. The molecule has 2 heterocycles. The molecule has 1 aliphatic rings. The van der Waals surface area contributed by atoms with Gasteiger partial charge in [-0.1, -0.05) is 6.92 Å². The molecular weight excluding hydrogens is 194 g/mol. The zero-order chi connectivity index (χ0) is 9.97. The lowest BCUT2D eigenvalue weighted by molar-refractivity contribution is 0.454. The number of H-pyrrole nitrogens is 1. The van der Waals surface area contributed by atoms with Crippen molar-refractivity contribution in [3.8, 4) is 0 Å². The van der Waals surface area contributed by atoms with Crippen molar-refractivity contribution in [3.63, 3.8) is 0 Å². The highest BCUT2D eigenvalue weighted by Gasteiger charge is 2.25. The maximum absolute atomic E-state index is 3.97. The van der Waals surface area contributed by atoms with Gasteiger partial charge in [-0.05, 0) is 19.1 Å². The van der Waals surface area contributed by atoms with Gasteiger partial charge in [0.05, 0.1) is 6.20 Å². The molecule has 0 bridgehead atoms. The average Bonchev–Trinajstić information content (AvgIpc) is 2.77. The lowest BCUT2D eigenvalue weighted by atomic mass is 10.1. The van der Waals surface area contributed by atoms with Gasteiger partial charge in [0.15, 0.2) is 0 Å². The molecule has 0 aromatic carbocycles. The van der Waals surface area contributed by atoms with E-state index < -0.39 is 0 Å². The maximum atomic E-state index is 3.97. The molecule has 1 aromatic rings. The third-order valence-corrected chi connectivity index (χ3v) is 4.19. The molecule has 1 aliphatic heterocycles. The van der Waals surface area contributed by atoms with Gasteiger partial charge in [0, 0.05) is 29.1 Å². The summed E-state index contributed by atoms with van der Waals surface area (Å²) in [4.78, 5) is 0. The predicted molar refractivity (Wildman–Crippen MR) is 60.5 cm³/mol. The molecule has 2 rings (SSSR count). The van der Waals surface area contributed by atoms with Gasteiger partial charge in [0.25, 0.3) is 0 Å². The Morgan fingerprint density at radius 2 is 2.57 bits per heavy atom. The second kappa shape index (κ2) is 4.36. The van der Waals surface area contributed by atoms with Crippen molar-refractivity contribution in [1.82, 2.24) is 15.5 Å². The van der Waals surface area contributed by atoms with Gasteiger partial charge in [0.2, 0.25) is 0 Å². The summed E-state index contributed by atoms with van der Waals surface area (Å²) >= 11 is 2.06. The Balaban J connectivity index is 1.91. The fraction of sp³-hybridized carbons (Fsp3) is 0.700. The van der Waals surface area contributed by atoms with Crippen LogP contribution in [0.2, 0.25) is 0 Å². The first kappa shape index (κ1) is 10.1. The van der Waals surface area contributed by atoms with Crippen LogP contribution in [-0.2, 0) is 0 Å². The molecule has 1 fully saturated rings. The Kier molecular flexibility index (Phi) is 3.13. The minimum Gasteiger partial charge on any atom is -0.306 e. The second-order valence-electron chi connectivity index (χ2n) is 3.89. The Morgan fingerprint density at radius 3 is 3.14 bits per heavy atom. The van der Waals surface area contributed by atoms with Crippen molar-refractivity contribution in [2.24, 2.45) is 0 Å². The Morgan fingerprint density at radius 1 is 1.71 bits per heavy atom. The molecule has 0 aliphatic carbocycles. The number of aromatic amines is 1. The van der Waals surface area contributed by atoms with E-state index in [1.54, 1.807) is 0 Å². The van der Waals surface area contributed by atoms with Crippen LogP contribution >= 0.6 is 11.8 Å². The van der Waals surface area contributed by atoms with E-state index in [9.17, 15) is 0 Å². The van der Waals surface area contributed by atoms with Gasteiger partial charge in [-0.2, -0.15) is 16.9 Å². The molecule has 3 atom stereocenters. The van der Waals surface area contributed by atoms with Gasteiger partial charge in [-0.15, -0.1) is 0 Å². The quantitative estimate of drug-likeness (QED) is 0.803. The first-order chi connectivity index (χ1) is 6.77. The zero-order valence-corrected chi connectivity index (χ0v) is 9.47. The summed E-state index contributed by atoms with van der Waals surface area (Å²) in [6.45, 7) is 4.50. The van der Waals surface area contributed by atoms with Crippen molar-refractivity contribution in [3.05, 3.63) is 18.0 Å². The molecule has 14 heavy (non-hydrogen) atoms. The third-order valence-electron chi connectivity index (χ3n) is 2.86. The third kappa shape index (κ3) is 2.12. The number of aromatic nitrogens is 2. The molecule has 1 aromatic heterocycles. The average molecular weight is 211 g/mol. The Hall–Kier alpha value is -0.480. The summed E-state index contributed by atoms with van der Waals surface area (Å²) in [6.07, 6.45) is 5.14. The molecule has 2 N–H and O–H groups in total. The van der Waals surface area contributed by atoms with Crippen LogP contribution in [0, 0.1) is 0 Å². The highest BCUT2D eigenvalue weighted by atomic mass is 32.2. The van der Waals surface area contributed by atoms with Gasteiger partial charge >= 0.3 is 0 Å². The molecule has 1 saturated heterocycles. The fourth-order valence-electron chi connectivity index (χ4n) is 1.87. The van der Waals surface area contributed by atoms with E-state index in [2.05, 4.69) is 41.1 Å². The lowest BCUT2D eigenvalue weighted by Crippen LogP contribution is -2.35. The molecule has 0 amide bonds. The smallest absolute Gasteiger partial charge is 0.0534 e. The van der Waals surface area contributed by atoms with Crippen molar-refractivity contribution in [2.75, 3.05) is 5.75 Å². The highest BCUT2D eigenvalue weighted by Crippen LogP contribution is 2.27. The summed E-state index contributed by atoms with van der Waals surface area (Å²) in [7, 11) is 0. The van der Waals surface area contributed by atoms with Gasteiger partial charge in [-0.25, -0.2) is 0 Å². The van der Waals surface area contributed by atoms with E-state index in [-0.39, 0.29) is 0 Å². The van der Waals surface area contributed by atoms with E-state index >= 15 is 0 Å². The van der Waals surface area contributed by atoms with Crippen LogP contribution in [-0.4, -0.2) is 27.2 Å². The van der Waals surface area contributed by atoms with Crippen molar-refractivity contribution < 1.29 is 0 Å². The number of hydrogen-bond donors (Lipinski definition) is 2. The molecular formula is C10H17N3S. The molecule has 0 radical (unpaired) electrons. The molecule has 3 unspecified atom stereocenters. The van der Waals surface area contributed by atoms with E-state index in [1.807, 2.05) is 12.4 Å². The number of nitrogens with zero attached hydrogens (tertiary/aromatic N) is 1. The van der Waals surface area contributed by atoms with Crippen LogP contribution in [0.15, 0.2) is 12.4 Å². The lowest BCUT2D eigenvalue weighted by Gasteiger charge is -2.21. The first-order valence-electron chi connectivity index (χ1n) is 5.13. The number of thioether (sulfide) groups is 1. The van der Waals surface area contributed by atoms with Crippen LogP contribution < -0.4 is 5.32 Å². The standard InChI is InChI=1S/C10H17N3S/c1-7(9-5-11-12-6-9)13-10-3-4-14-8(10)2/h5-8,10,13H,3-4H2,1-2H3,(H,11,12). The summed E-state index contributed by atoms with van der Waals surface area (Å²) in [5.41, 5.74) is 1.24. The van der Waals surface area contributed by atoms with Crippen LogP contribution in [0.4, 0.5) is 0 Å². The Bertz CT molecular complexity index is 273. The predicted octanol–water partition coefficient (Wildman–Crippen LogP) is 1.95. The van der Waals surface area contributed by atoms with Gasteiger partial charge in [-0.3, -0.25) is 5.10 Å². The van der Waals surface area contributed by atoms with Crippen molar-refractivity contribution in [2.45, 2.75) is 37.6 Å². The monoisotopic (exact) mass is 211 g/mol. The van der Waals surface area contributed by atoms with Crippen LogP contribution in [0.25, 0.3) is 0 Å². The van der Waals surface area contributed by atoms with Crippen LogP contribution in [0.1, 0.15) is 31.9 Å². The maximum Gasteiger partial charge on any atom is 0.0534 e. The highest BCUT2D eigenvalue weighted by molar-refractivity contribution is 8.00. The SMILES string of the molecule is CC(NC1CCSC1C)c1cn[nH]c1. The molecule has 4 heteroatoms. The van der Waals surface area contributed by atoms with Crippen LogP contribution in [0.3, 0.4) is 0 Å². The Labute approximate surface area is 89.1 Å². The van der Waals surface area contributed by atoms with Crippen molar-refractivity contribution in [1.29, 1.82) is 0 Å². The number of nitrogens with one attached hydrogen (secondary N) is 2. The summed E-state index contributed by atoms with van der Waals surface area (Å²) < 4.78 is 0. The molecule has 0 spiro atoms. The summed E-state index contributed by atoms with van der Waals surface area (Å²) in [5.74, 6) is 1.29. The van der Waals surface area contributed by atoms with E-state index in [4.69, 9.17) is 0 Å². The van der Waals surface area contributed by atoms with E-state index in [0.29, 0.717) is 12.1 Å². The molecule has 0 saturated carbocycles. The van der Waals surface area contributed by atoms with E-state index in [1.165, 1.54) is 17.7 Å². The zero-order valence-electron chi connectivity index (χ0n) is 8.66. The first-order valence-corrected chi connectivity index (χ1v) is 6.18. The topological polar surface area (TPSA) is 40.7 Å². The summed E-state index contributed by atoms with van der Waals surface area (Å²) in [5, 5.41) is 11.2. The summed E-state index contributed by atoms with van der Waals surface area (Å²) in [6, 6.07) is 1.06. The van der Waals surface area contributed by atoms with Gasteiger partial charge in [0.1, 0.15) is 0 Å². The van der Waals surface area contributed by atoms with Crippen LogP contribution in [0.5, 0.6) is 0 Å². The molecule has 3 nitrogen and oxygen atoms in total.